The average molecular weight is 288 g/mol. The average Bonchev–Trinajstić information content (AvgIpc) is 2.93. The van der Waals surface area contributed by atoms with Gasteiger partial charge in [-0.25, -0.2) is 0 Å². The number of fused-ring (bicyclic) bond motifs is 1. The second-order valence-electron chi connectivity index (χ2n) is 5.30. The minimum Gasteiger partial charge on any atom is -0.459 e. The molecule has 0 spiro atoms. The van der Waals surface area contributed by atoms with Crippen LogP contribution in [0.5, 0.6) is 0 Å². The summed E-state index contributed by atoms with van der Waals surface area (Å²) in [5, 5.41) is 4.11. The van der Waals surface area contributed by atoms with Crippen molar-refractivity contribution in [3.8, 4) is 0 Å². The molecule has 1 unspecified atom stereocenters. The van der Waals surface area contributed by atoms with Gasteiger partial charge in [-0.05, 0) is 32.5 Å². The van der Waals surface area contributed by atoms with Gasteiger partial charge in [0.15, 0.2) is 0 Å². The second-order valence-corrected chi connectivity index (χ2v) is 5.30. The van der Waals surface area contributed by atoms with Crippen molar-refractivity contribution in [3.63, 3.8) is 0 Å². The van der Waals surface area contributed by atoms with Crippen molar-refractivity contribution in [2.45, 2.75) is 32.7 Å². The van der Waals surface area contributed by atoms with Crippen LogP contribution in [0.4, 0.5) is 0 Å². The molecule has 0 aliphatic heterocycles. The molecule has 0 saturated carbocycles. The predicted octanol–water partition coefficient (Wildman–Crippen LogP) is 3.34. The summed E-state index contributed by atoms with van der Waals surface area (Å²) in [7, 11) is 1.86. The minimum atomic E-state index is -0.0401. The lowest BCUT2D eigenvalue weighted by Crippen LogP contribution is -2.35. The zero-order valence-electron chi connectivity index (χ0n) is 13.1. The van der Waals surface area contributed by atoms with Crippen LogP contribution in [0.1, 0.15) is 38.5 Å². The molecule has 0 aliphatic carbocycles. The van der Waals surface area contributed by atoms with Crippen LogP contribution in [-0.4, -0.2) is 30.9 Å². The van der Waals surface area contributed by atoms with Crippen LogP contribution < -0.4 is 5.32 Å². The van der Waals surface area contributed by atoms with Crippen molar-refractivity contribution in [1.82, 2.24) is 10.2 Å². The molecule has 4 heteroatoms. The Kier molecular flexibility index (Phi) is 5.39. The monoisotopic (exact) mass is 288 g/mol. The Morgan fingerprint density at radius 3 is 2.81 bits per heavy atom. The molecule has 1 atom stereocenters. The quantitative estimate of drug-likeness (QED) is 0.850. The molecule has 1 aromatic heterocycles. The third-order valence-electron chi connectivity index (χ3n) is 3.70. The van der Waals surface area contributed by atoms with Crippen LogP contribution in [0.25, 0.3) is 11.0 Å². The SMILES string of the molecule is CCCN(C(=O)CCNC)C(C)c1cc2ccccc2o1. The van der Waals surface area contributed by atoms with Gasteiger partial charge in [-0.2, -0.15) is 0 Å². The summed E-state index contributed by atoms with van der Waals surface area (Å²) >= 11 is 0. The number of carbonyl (C=O) groups excluding carboxylic acids is 1. The first kappa shape index (κ1) is 15.6. The molecule has 0 aliphatic rings. The number of benzene rings is 1. The molecular weight excluding hydrogens is 264 g/mol. The molecule has 0 bridgehead atoms. The maximum atomic E-state index is 12.4. The van der Waals surface area contributed by atoms with Gasteiger partial charge in [-0.15, -0.1) is 0 Å². The first-order chi connectivity index (χ1) is 10.2. The van der Waals surface area contributed by atoms with Gasteiger partial charge in [-0.3, -0.25) is 4.79 Å². The Bertz CT molecular complexity index is 558. The number of carbonyl (C=O) groups is 1. The van der Waals surface area contributed by atoms with Crippen molar-refractivity contribution in [1.29, 1.82) is 0 Å². The van der Waals surface area contributed by atoms with E-state index in [1.165, 1.54) is 0 Å². The highest BCUT2D eigenvalue weighted by atomic mass is 16.3. The smallest absolute Gasteiger partial charge is 0.224 e. The highest BCUT2D eigenvalue weighted by molar-refractivity contribution is 5.79. The Morgan fingerprint density at radius 2 is 2.14 bits per heavy atom. The highest BCUT2D eigenvalue weighted by Gasteiger charge is 2.23. The van der Waals surface area contributed by atoms with Crippen LogP contribution in [0.3, 0.4) is 0 Å². The second kappa shape index (κ2) is 7.27. The van der Waals surface area contributed by atoms with Gasteiger partial charge in [-0.1, -0.05) is 25.1 Å². The zero-order chi connectivity index (χ0) is 15.2. The van der Waals surface area contributed by atoms with E-state index >= 15 is 0 Å². The number of para-hydroxylation sites is 1. The molecule has 0 radical (unpaired) electrons. The maximum Gasteiger partial charge on any atom is 0.224 e. The number of hydrogen-bond donors (Lipinski definition) is 1. The summed E-state index contributed by atoms with van der Waals surface area (Å²) in [6.07, 6.45) is 1.46. The summed E-state index contributed by atoms with van der Waals surface area (Å²) in [5.74, 6) is 1.02. The van der Waals surface area contributed by atoms with Crippen molar-refractivity contribution < 1.29 is 9.21 Å². The number of nitrogens with one attached hydrogen (secondary N) is 1. The fourth-order valence-electron chi connectivity index (χ4n) is 2.51. The maximum absolute atomic E-state index is 12.4. The fourth-order valence-corrected chi connectivity index (χ4v) is 2.51. The largest absolute Gasteiger partial charge is 0.459 e. The van der Waals surface area contributed by atoms with Crippen molar-refractivity contribution in [2.24, 2.45) is 0 Å². The molecule has 2 aromatic rings. The van der Waals surface area contributed by atoms with Crippen LogP contribution in [0.2, 0.25) is 0 Å². The van der Waals surface area contributed by atoms with E-state index < -0.39 is 0 Å². The Labute approximate surface area is 126 Å². The third kappa shape index (κ3) is 3.64. The molecule has 0 fully saturated rings. The number of hydrogen-bond acceptors (Lipinski definition) is 3. The summed E-state index contributed by atoms with van der Waals surface area (Å²) in [6, 6.07) is 9.94. The van der Waals surface area contributed by atoms with Gasteiger partial charge in [0, 0.05) is 24.9 Å². The van der Waals surface area contributed by atoms with Gasteiger partial charge in [0.25, 0.3) is 0 Å². The first-order valence-corrected chi connectivity index (χ1v) is 7.60. The standard InChI is InChI=1S/C17H24N2O2/c1-4-11-19(17(20)9-10-18-3)13(2)16-12-14-7-5-6-8-15(14)21-16/h5-8,12-13,18H,4,9-11H2,1-3H3. The van der Waals surface area contributed by atoms with Crippen LogP contribution >= 0.6 is 0 Å². The van der Waals surface area contributed by atoms with Crippen molar-refractivity contribution in [2.75, 3.05) is 20.1 Å². The van der Waals surface area contributed by atoms with Gasteiger partial charge in [0.2, 0.25) is 5.91 Å². The zero-order valence-corrected chi connectivity index (χ0v) is 13.1. The lowest BCUT2D eigenvalue weighted by Gasteiger charge is -2.27. The number of nitrogens with zero attached hydrogens (tertiary/aromatic N) is 1. The molecule has 21 heavy (non-hydrogen) atoms. The topological polar surface area (TPSA) is 45.5 Å². The Hall–Kier alpha value is -1.81. The Balaban J connectivity index is 2.20. The van der Waals surface area contributed by atoms with Crippen LogP contribution in [-0.2, 0) is 4.79 Å². The van der Waals surface area contributed by atoms with Crippen molar-refractivity contribution >= 4 is 16.9 Å². The lowest BCUT2D eigenvalue weighted by atomic mass is 10.1. The molecule has 1 N–H and O–H groups in total. The van der Waals surface area contributed by atoms with Crippen molar-refractivity contribution in [3.05, 3.63) is 36.1 Å². The number of furan rings is 1. The van der Waals surface area contributed by atoms with Crippen LogP contribution in [0, 0.1) is 0 Å². The highest BCUT2D eigenvalue weighted by Crippen LogP contribution is 2.27. The number of amides is 1. The van der Waals surface area contributed by atoms with E-state index in [-0.39, 0.29) is 11.9 Å². The third-order valence-corrected chi connectivity index (χ3v) is 3.70. The van der Waals surface area contributed by atoms with E-state index in [2.05, 4.69) is 12.2 Å². The molecule has 1 heterocycles. The normalized spacial score (nSPS) is 12.5. The molecule has 1 aromatic carbocycles. The molecular formula is C17H24N2O2. The summed E-state index contributed by atoms with van der Waals surface area (Å²) < 4.78 is 5.90. The fraction of sp³-hybridized carbons (Fsp3) is 0.471. The van der Waals surface area contributed by atoms with E-state index in [1.54, 1.807) is 0 Å². The van der Waals surface area contributed by atoms with E-state index in [4.69, 9.17) is 4.42 Å². The minimum absolute atomic E-state index is 0.0401. The number of rotatable bonds is 7. The van der Waals surface area contributed by atoms with Gasteiger partial charge in [0.1, 0.15) is 11.3 Å². The molecule has 0 saturated heterocycles. The van der Waals surface area contributed by atoms with Gasteiger partial charge >= 0.3 is 0 Å². The lowest BCUT2D eigenvalue weighted by molar-refractivity contribution is -0.133. The van der Waals surface area contributed by atoms with E-state index in [0.29, 0.717) is 13.0 Å². The molecule has 2 rings (SSSR count). The molecule has 114 valence electrons. The van der Waals surface area contributed by atoms with Gasteiger partial charge < -0.3 is 14.6 Å². The van der Waals surface area contributed by atoms with Gasteiger partial charge in [0.05, 0.1) is 6.04 Å². The summed E-state index contributed by atoms with van der Waals surface area (Å²) in [5.41, 5.74) is 0.874. The molecule has 4 nitrogen and oxygen atoms in total. The Morgan fingerprint density at radius 1 is 1.38 bits per heavy atom. The van der Waals surface area contributed by atoms with E-state index in [9.17, 15) is 4.79 Å². The van der Waals surface area contributed by atoms with E-state index in [0.717, 1.165) is 29.7 Å². The van der Waals surface area contributed by atoms with E-state index in [1.807, 2.05) is 49.2 Å². The summed E-state index contributed by atoms with van der Waals surface area (Å²) in [6.45, 7) is 5.57. The predicted molar refractivity (Wildman–Crippen MR) is 85.2 cm³/mol. The molecule has 1 amide bonds. The summed E-state index contributed by atoms with van der Waals surface area (Å²) in [4.78, 5) is 14.3. The first-order valence-electron chi connectivity index (χ1n) is 7.60. The van der Waals surface area contributed by atoms with Crippen LogP contribution in [0.15, 0.2) is 34.7 Å².